The lowest BCUT2D eigenvalue weighted by molar-refractivity contribution is 0.246. The zero-order chi connectivity index (χ0) is 22.2. The van der Waals surface area contributed by atoms with Gasteiger partial charge in [0.15, 0.2) is 0 Å². The molecule has 1 aliphatic heterocycles. The highest BCUT2D eigenvalue weighted by Crippen LogP contribution is 2.38. The number of pyridine rings is 1. The van der Waals surface area contributed by atoms with E-state index in [1.54, 1.807) is 7.11 Å². The lowest BCUT2D eigenvalue weighted by Crippen LogP contribution is -2.31. The van der Waals surface area contributed by atoms with Crippen molar-refractivity contribution < 1.29 is 4.74 Å². The fourth-order valence-corrected chi connectivity index (χ4v) is 5.14. The van der Waals surface area contributed by atoms with E-state index in [4.69, 9.17) is 9.72 Å². The summed E-state index contributed by atoms with van der Waals surface area (Å²) in [6.45, 7) is 2.90. The molecule has 0 N–H and O–H groups in total. The lowest BCUT2D eigenvalue weighted by atomic mass is 9.89. The van der Waals surface area contributed by atoms with Crippen molar-refractivity contribution in [2.45, 2.75) is 19.5 Å². The second-order valence-electron chi connectivity index (χ2n) is 8.77. The third-order valence-electron chi connectivity index (χ3n) is 6.76. The van der Waals surface area contributed by atoms with Gasteiger partial charge in [-0.2, -0.15) is 0 Å². The highest BCUT2D eigenvalue weighted by atomic mass is 16.5. The molecule has 1 aliphatic rings. The summed E-state index contributed by atoms with van der Waals surface area (Å²) in [5.74, 6) is 0.866. The average Bonchev–Trinajstić information content (AvgIpc) is 2.88. The van der Waals surface area contributed by atoms with Crippen LogP contribution in [0.4, 0.5) is 0 Å². The van der Waals surface area contributed by atoms with Gasteiger partial charge in [-0.15, -0.1) is 0 Å². The van der Waals surface area contributed by atoms with E-state index < -0.39 is 0 Å². The zero-order valence-corrected chi connectivity index (χ0v) is 18.8. The number of methoxy groups -OCH3 is 1. The van der Waals surface area contributed by atoms with Crippen LogP contribution in [0, 0.1) is 0 Å². The van der Waals surface area contributed by atoms with Gasteiger partial charge in [-0.1, -0.05) is 60.7 Å². The number of fused-ring (bicyclic) bond motifs is 5. The van der Waals surface area contributed by atoms with Crippen molar-refractivity contribution in [2.24, 2.45) is 0 Å². The largest absolute Gasteiger partial charge is 0.497 e. The van der Waals surface area contributed by atoms with Crippen LogP contribution in [0.25, 0.3) is 32.9 Å². The minimum absolute atomic E-state index is 0.866. The van der Waals surface area contributed by atoms with Crippen LogP contribution >= 0.6 is 0 Å². The van der Waals surface area contributed by atoms with Crippen molar-refractivity contribution in [1.82, 2.24) is 9.88 Å². The summed E-state index contributed by atoms with van der Waals surface area (Å²) in [7, 11) is 1.71. The first-order chi connectivity index (χ1) is 16.3. The molecule has 0 amide bonds. The van der Waals surface area contributed by atoms with E-state index in [-0.39, 0.29) is 0 Å². The molecule has 3 nitrogen and oxygen atoms in total. The van der Waals surface area contributed by atoms with Gasteiger partial charge in [0, 0.05) is 30.6 Å². The molecule has 0 aliphatic carbocycles. The Labute approximate surface area is 194 Å². The maximum Gasteiger partial charge on any atom is 0.118 e. The monoisotopic (exact) mass is 430 g/mol. The van der Waals surface area contributed by atoms with Crippen LogP contribution in [0.1, 0.15) is 16.7 Å². The maximum atomic E-state index is 5.39. The molecule has 2 heterocycles. The van der Waals surface area contributed by atoms with Gasteiger partial charge in [0.2, 0.25) is 0 Å². The minimum Gasteiger partial charge on any atom is -0.497 e. The number of hydrogen-bond donors (Lipinski definition) is 0. The van der Waals surface area contributed by atoms with Crippen molar-refractivity contribution >= 4 is 21.7 Å². The van der Waals surface area contributed by atoms with Crippen molar-refractivity contribution in [3.63, 3.8) is 0 Å². The summed E-state index contributed by atoms with van der Waals surface area (Å²) in [5.41, 5.74) is 7.47. The summed E-state index contributed by atoms with van der Waals surface area (Å²) in [6, 6.07) is 32.1. The summed E-state index contributed by atoms with van der Waals surface area (Å²) in [6.07, 6.45) is 1.03. The van der Waals surface area contributed by atoms with E-state index in [0.29, 0.717) is 0 Å². The van der Waals surface area contributed by atoms with Gasteiger partial charge in [-0.05, 0) is 64.2 Å². The predicted octanol–water partition coefficient (Wildman–Crippen LogP) is 6.62. The molecule has 1 aromatic heterocycles. The maximum absolute atomic E-state index is 5.39. The Kier molecular flexibility index (Phi) is 5.04. The Morgan fingerprint density at radius 1 is 0.818 bits per heavy atom. The lowest BCUT2D eigenvalue weighted by Gasteiger charge is -2.31. The van der Waals surface area contributed by atoms with Gasteiger partial charge in [0.05, 0.1) is 18.3 Å². The number of hydrogen-bond acceptors (Lipinski definition) is 3. The van der Waals surface area contributed by atoms with Crippen LogP contribution in [0.3, 0.4) is 0 Å². The van der Waals surface area contributed by atoms with Crippen LogP contribution in [0.2, 0.25) is 0 Å². The van der Waals surface area contributed by atoms with Gasteiger partial charge in [-0.25, -0.2) is 4.98 Å². The molecule has 0 saturated heterocycles. The Bertz CT molecular complexity index is 1440. The number of benzene rings is 4. The molecule has 0 radical (unpaired) electrons. The predicted molar refractivity (Wildman–Crippen MR) is 135 cm³/mol. The van der Waals surface area contributed by atoms with Crippen molar-refractivity contribution in [1.29, 1.82) is 0 Å². The van der Waals surface area contributed by atoms with Crippen molar-refractivity contribution in [2.75, 3.05) is 13.7 Å². The fraction of sp³-hybridized carbons (Fsp3) is 0.167. The third-order valence-corrected chi connectivity index (χ3v) is 6.76. The highest BCUT2D eigenvalue weighted by molar-refractivity contribution is 6.09. The molecular weight excluding hydrogens is 404 g/mol. The van der Waals surface area contributed by atoms with E-state index in [9.17, 15) is 0 Å². The quantitative estimate of drug-likeness (QED) is 0.300. The first-order valence-corrected chi connectivity index (χ1v) is 11.5. The van der Waals surface area contributed by atoms with E-state index >= 15 is 0 Å². The number of ether oxygens (including phenoxy) is 1. The standard InChI is InChI=1S/C30H26N2O/c1-33-24-14-11-23(12-15-24)30-27-20-32(19-21-7-3-2-4-8-21)18-17-26(27)29-25-10-6-5-9-22(25)13-16-28(29)31-30/h2-16H,17-20H2,1H3. The molecule has 6 rings (SSSR count). The SMILES string of the molecule is COc1ccc(-c2nc3ccc4ccccc4c3c3c2CN(Cc2ccccc2)CC3)cc1. The number of nitrogens with zero attached hydrogens (tertiary/aromatic N) is 2. The molecule has 5 aromatic rings. The van der Waals surface area contributed by atoms with E-state index in [2.05, 4.69) is 83.8 Å². The second-order valence-corrected chi connectivity index (χ2v) is 8.77. The van der Waals surface area contributed by atoms with Gasteiger partial charge in [-0.3, -0.25) is 4.90 Å². The molecule has 0 fully saturated rings. The molecule has 0 bridgehead atoms. The van der Waals surface area contributed by atoms with Gasteiger partial charge >= 0.3 is 0 Å². The molecule has 33 heavy (non-hydrogen) atoms. The first-order valence-electron chi connectivity index (χ1n) is 11.5. The van der Waals surface area contributed by atoms with Crippen LogP contribution in [0.15, 0.2) is 91.0 Å². The van der Waals surface area contributed by atoms with E-state index in [1.807, 2.05) is 12.1 Å². The molecule has 3 heteroatoms. The smallest absolute Gasteiger partial charge is 0.118 e. The first kappa shape index (κ1) is 20.0. The van der Waals surface area contributed by atoms with Crippen LogP contribution in [0.5, 0.6) is 5.75 Å². The van der Waals surface area contributed by atoms with Crippen molar-refractivity contribution in [3.05, 3.63) is 108 Å². The minimum atomic E-state index is 0.866. The van der Waals surface area contributed by atoms with E-state index in [1.165, 1.54) is 32.8 Å². The fourth-order valence-electron chi connectivity index (χ4n) is 5.14. The zero-order valence-electron chi connectivity index (χ0n) is 18.8. The van der Waals surface area contributed by atoms with Crippen molar-refractivity contribution in [3.8, 4) is 17.0 Å². The summed E-state index contributed by atoms with van der Waals surface area (Å²) in [4.78, 5) is 7.78. The second kappa shape index (κ2) is 8.34. The van der Waals surface area contributed by atoms with E-state index in [0.717, 1.165) is 48.6 Å². The topological polar surface area (TPSA) is 25.4 Å². The van der Waals surface area contributed by atoms with Crippen LogP contribution in [-0.2, 0) is 19.5 Å². The normalized spacial score (nSPS) is 13.8. The average molecular weight is 431 g/mol. The van der Waals surface area contributed by atoms with Gasteiger partial charge in [0.1, 0.15) is 5.75 Å². The molecule has 4 aromatic carbocycles. The summed E-state index contributed by atoms with van der Waals surface area (Å²) in [5, 5.41) is 3.90. The van der Waals surface area contributed by atoms with Crippen LogP contribution < -0.4 is 4.74 Å². The number of rotatable bonds is 4. The summed E-state index contributed by atoms with van der Waals surface area (Å²) >= 11 is 0. The Balaban J connectivity index is 1.53. The molecule has 0 atom stereocenters. The molecule has 162 valence electrons. The Hall–Kier alpha value is -3.69. The highest BCUT2D eigenvalue weighted by Gasteiger charge is 2.24. The number of aromatic nitrogens is 1. The third kappa shape index (κ3) is 3.65. The van der Waals surface area contributed by atoms with Gasteiger partial charge < -0.3 is 4.74 Å². The van der Waals surface area contributed by atoms with Crippen LogP contribution in [-0.4, -0.2) is 23.5 Å². The molecule has 0 unspecified atom stereocenters. The molecule has 0 saturated carbocycles. The Morgan fingerprint density at radius 3 is 2.42 bits per heavy atom. The molecule has 0 spiro atoms. The Morgan fingerprint density at radius 2 is 1.61 bits per heavy atom. The van der Waals surface area contributed by atoms with Gasteiger partial charge in [0.25, 0.3) is 0 Å². The summed E-state index contributed by atoms with van der Waals surface area (Å²) < 4.78 is 5.39. The molecular formula is C30H26N2O.